The number of benzene rings is 2. The van der Waals surface area contributed by atoms with Crippen LogP contribution in [0.1, 0.15) is 23.7 Å². The van der Waals surface area contributed by atoms with E-state index in [2.05, 4.69) is 5.16 Å². The first kappa shape index (κ1) is 17.2. The summed E-state index contributed by atoms with van der Waals surface area (Å²) in [5.74, 6) is -6.90. The van der Waals surface area contributed by atoms with Crippen LogP contribution in [0.25, 0.3) is 0 Å². The van der Waals surface area contributed by atoms with Crippen LogP contribution in [-0.2, 0) is 4.84 Å². The Morgan fingerprint density at radius 2 is 1.76 bits per heavy atom. The van der Waals surface area contributed by atoms with Gasteiger partial charge in [-0.15, -0.1) is 0 Å². The molecular weight excluding hydrogens is 345 g/mol. The number of methoxy groups -OCH3 is 1. The van der Waals surface area contributed by atoms with Crippen LogP contribution in [0, 0.1) is 23.3 Å². The number of oxime groups is 1. The fraction of sp³-hybridized carbons (Fsp3) is 0.235. The fourth-order valence-electron chi connectivity index (χ4n) is 2.50. The largest absolute Gasteiger partial charge is 0.497 e. The van der Waals surface area contributed by atoms with Crippen molar-refractivity contribution < 1.29 is 31.5 Å². The minimum Gasteiger partial charge on any atom is -0.497 e. The zero-order valence-electron chi connectivity index (χ0n) is 12.9. The van der Waals surface area contributed by atoms with Gasteiger partial charge in [0.05, 0.1) is 12.8 Å². The SMILES string of the molecule is COc1ccc(C2=NOC(C(F)c3cc(F)c(F)c(F)c3F)C2)cc1. The van der Waals surface area contributed by atoms with Crippen molar-refractivity contribution in [2.75, 3.05) is 7.11 Å². The molecule has 0 bridgehead atoms. The molecule has 0 saturated carbocycles. The van der Waals surface area contributed by atoms with E-state index in [0.717, 1.165) is 0 Å². The molecule has 0 amide bonds. The van der Waals surface area contributed by atoms with Crippen molar-refractivity contribution in [1.82, 2.24) is 0 Å². The summed E-state index contributed by atoms with van der Waals surface area (Å²) in [4.78, 5) is 4.93. The lowest BCUT2D eigenvalue weighted by atomic mass is 9.98. The summed E-state index contributed by atoms with van der Waals surface area (Å²) in [5, 5.41) is 3.73. The first-order valence-electron chi connectivity index (χ1n) is 7.26. The van der Waals surface area contributed by atoms with E-state index in [9.17, 15) is 22.0 Å². The van der Waals surface area contributed by atoms with Crippen LogP contribution >= 0.6 is 0 Å². The van der Waals surface area contributed by atoms with Gasteiger partial charge in [-0.2, -0.15) is 0 Å². The summed E-state index contributed by atoms with van der Waals surface area (Å²) in [6.45, 7) is 0. The molecule has 2 atom stereocenters. The molecule has 0 saturated heterocycles. The smallest absolute Gasteiger partial charge is 0.197 e. The van der Waals surface area contributed by atoms with Gasteiger partial charge in [-0.25, -0.2) is 22.0 Å². The van der Waals surface area contributed by atoms with Crippen molar-refractivity contribution >= 4 is 5.71 Å². The molecule has 2 aromatic carbocycles. The summed E-state index contributed by atoms with van der Waals surface area (Å²) in [6, 6.07) is 6.97. The van der Waals surface area contributed by atoms with Crippen molar-refractivity contribution in [1.29, 1.82) is 0 Å². The van der Waals surface area contributed by atoms with Gasteiger partial charge >= 0.3 is 0 Å². The number of halogens is 5. The van der Waals surface area contributed by atoms with Crippen LogP contribution in [0.15, 0.2) is 35.5 Å². The van der Waals surface area contributed by atoms with Gasteiger partial charge < -0.3 is 9.57 Å². The minimum absolute atomic E-state index is 0.0481. The topological polar surface area (TPSA) is 30.8 Å². The Morgan fingerprint density at radius 3 is 2.40 bits per heavy atom. The second-order valence-electron chi connectivity index (χ2n) is 5.41. The maximum atomic E-state index is 14.5. The Kier molecular flexibility index (Phi) is 4.61. The summed E-state index contributed by atoms with van der Waals surface area (Å²) < 4.78 is 72.7. The highest BCUT2D eigenvalue weighted by molar-refractivity contribution is 6.01. The summed E-state index contributed by atoms with van der Waals surface area (Å²) in [5.41, 5.74) is 0.0683. The second-order valence-corrected chi connectivity index (χ2v) is 5.41. The molecule has 0 aliphatic carbocycles. The lowest BCUT2D eigenvalue weighted by molar-refractivity contribution is 0.0207. The summed E-state index contributed by atoms with van der Waals surface area (Å²) in [7, 11) is 1.50. The number of hydrogen-bond acceptors (Lipinski definition) is 3. The van der Waals surface area contributed by atoms with Crippen molar-refractivity contribution in [3.63, 3.8) is 0 Å². The number of hydrogen-bond donors (Lipinski definition) is 0. The van der Waals surface area contributed by atoms with Gasteiger partial charge in [-0.05, 0) is 35.9 Å². The van der Waals surface area contributed by atoms with E-state index in [1.165, 1.54) is 7.11 Å². The quantitative estimate of drug-likeness (QED) is 0.460. The van der Waals surface area contributed by atoms with Gasteiger partial charge in [0.1, 0.15) is 5.75 Å². The zero-order valence-corrected chi connectivity index (χ0v) is 12.9. The van der Waals surface area contributed by atoms with E-state index in [4.69, 9.17) is 9.57 Å². The van der Waals surface area contributed by atoms with Crippen LogP contribution in [0.4, 0.5) is 22.0 Å². The zero-order chi connectivity index (χ0) is 18.1. The maximum absolute atomic E-state index is 14.5. The third-order valence-electron chi connectivity index (χ3n) is 3.87. The molecular formula is C17H12F5NO2. The molecule has 0 spiro atoms. The van der Waals surface area contributed by atoms with Crippen LogP contribution in [0.5, 0.6) is 5.75 Å². The molecule has 3 rings (SSSR count). The van der Waals surface area contributed by atoms with E-state index < -0.39 is 41.1 Å². The number of nitrogens with zero attached hydrogens (tertiary/aromatic N) is 1. The van der Waals surface area contributed by atoms with Gasteiger partial charge in [0.25, 0.3) is 0 Å². The molecule has 0 radical (unpaired) electrons. The summed E-state index contributed by atoms with van der Waals surface area (Å²) in [6.07, 6.45) is -3.55. The standard InChI is InChI=1S/C17H12F5NO2/c1-24-9-4-2-8(3-5-9)12-7-13(25-23-12)14(19)10-6-11(18)16(21)17(22)15(10)20/h2-6,13-14H,7H2,1H3. The van der Waals surface area contributed by atoms with Crippen LogP contribution in [0.2, 0.25) is 0 Å². The Bertz CT molecular complexity index is 823. The molecule has 1 aliphatic rings. The fourth-order valence-corrected chi connectivity index (χ4v) is 2.50. The maximum Gasteiger partial charge on any atom is 0.197 e. The third-order valence-corrected chi connectivity index (χ3v) is 3.87. The number of alkyl halides is 1. The van der Waals surface area contributed by atoms with Crippen molar-refractivity contribution in [3.05, 3.63) is 64.7 Å². The molecule has 3 nitrogen and oxygen atoms in total. The monoisotopic (exact) mass is 357 g/mol. The van der Waals surface area contributed by atoms with Crippen molar-refractivity contribution in [3.8, 4) is 5.75 Å². The average molecular weight is 357 g/mol. The normalized spacial score (nSPS) is 17.8. The Morgan fingerprint density at radius 1 is 1.08 bits per heavy atom. The van der Waals surface area contributed by atoms with E-state index in [1.807, 2.05) is 0 Å². The van der Waals surface area contributed by atoms with Gasteiger partial charge in [0.2, 0.25) is 0 Å². The van der Waals surface area contributed by atoms with Crippen molar-refractivity contribution in [2.24, 2.45) is 5.16 Å². The number of ether oxygens (including phenoxy) is 1. The van der Waals surface area contributed by atoms with Gasteiger partial charge in [0.15, 0.2) is 35.5 Å². The first-order chi connectivity index (χ1) is 11.9. The van der Waals surface area contributed by atoms with Gasteiger partial charge in [0, 0.05) is 12.0 Å². The van der Waals surface area contributed by atoms with Gasteiger partial charge in [-0.1, -0.05) is 5.16 Å². The van der Waals surface area contributed by atoms with E-state index >= 15 is 0 Å². The molecule has 1 heterocycles. The lowest BCUT2D eigenvalue weighted by Gasteiger charge is -2.15. The molecule has 25 heavy (non-hydrogen) atoms. The molecule has 2 unspecified atom stereocenters. The summed E-state index contributed by atoms with van der Waals surface area (Å²) >= 11 is 0. The average Bonchev–Trinajstić information content (AvgIpc) is 3.12. The number of rotatable bonds is 4. The van der Waals surface area contributed by atoms with Crippen molar-refractivity contribution in [2.45, 2.75) is 18.7 Å². The highest BCUT2D eigenvalue weighted by atomic mass is 19.2. The molecule has 0 N–H and O–H groups in total. The van der Waals surface area contributed by atoms with Gasteiger partial charge in [-0.3, -0.25) is 0 Å². The molecule has 132 valence electrons. The third kappa shape index (κ3) is 3.16. The van der Waals surface area contributed by atoms with Crippen LogP contribution in [0.3, 0.4) is 0 Å². The highest BCUT2D eigenvalue weighted by Gasteiger charge is 2.35. The lowest BCUT2D eigenvalue weighted by Crippen LogP contribution is -2.18. The Hall–Kier alpha value is -2.64. The molecule has 0 aromatic heterocycles. The predicted octanol–water partition coefficient (Wildman–Crippen LogP) is 4.46. The molecule has 0 fully saturated rings. The molecule has 8 heteroatoms. The van der Waals surface area contributed by atoms with Crippen LogP contribution in [-0.4, -0.2) is 18.9 Å². The first-order valence-corrected chi connectivity index (χ1v) is 7.26. The molecule has 2 aromatic rings. The van der Waals surface area contributed by atoms with E-state index in [-0.39, 0.29) is 12.5 Å². The Labute approximate surface area is 139 Å². The second kappa shape index (κ2) is 6.70. The van der Waals surface area contributed by atoms with E-state index in [0.29, 0.717) is 17.0 Å². The Balaban J connectivity index is 1.79. The highest BCUT2D eigenvalue weighted by Crippen LogP contribution is 2.34. The molecule has 1 aliphatic heterocycles. The predicted molar refractivity (Wildman–Crippen MR) is 79.1 cm³/mol. The van der Waals surface area contributed by atoms with E-state index in [1.54, 1.807) is 24.3 Å². The minimum atomic E-state index is -2.22. The van der Waals surface area contributed by atoms with Crippen LogP contribution < -0.4 is 4.74 Å².